The van der Waals surface area contributed by atoms with Gasteiger partial charge in [0, 0.05) is 5.41 Å². The molecule has 1 aliphatic rings. The van der Waals surface area contributed by atoms with E-state index < -0.39 is 0 Å². The van der Waals surface area contributed by atoms with E-state index in [0.717, 1.165) is 37.7 Å². The van der Waals surface area contributed by atoms with E-state index in [4.69, 9.17) is 4.74 Å². The molecule has 2 aromatic carbocycles. The molecule has 0 N–H and O–H groups in total. The number of aryl methyl sites for hydroxylation is 2. The van der Waals surface area contributed by atoms with Gasteiger partial charge in [0.15, 0.2) is 0 Å². The van der Waals surface area contributed by atoms with Crippen molar-refractivity contribution in [1.82, 2.24) is 0 Å². The number of hydrogen-bond donors (Lipinski definition) is 0. The van der Waals surface area contributed by atoms with Crippen molar-refractivity contribution >= 4 is 0 Å². The topological polar surface area (TPSA) is 9.23 Å². The molecular weight excluding hydrogens is 436 g/mol. The second kappa shape index (κ2) is 13.7. The molecule has 36 heavy (non-hydrogen) atoms. The van der Waals surface area contributed by atoms with Crippen molar-refractivity contribution in [3.05, 3.63) is 52.6 Å². The van der Waals surface area contributed by atoms with Gasteiger partial charge in [0.25, 0.3) is 0 Å². The predicted molar refractivity (Wildman–Crippen MR) is 158 cm³/mol. The van der Waals surface area contributed by atoms with Crippen LogP contribution >= 0.6 is 0 Å². The van der Waals surface area contributed by atoms with Crippen LogP contribution in [0.4, 0.5) is 0 Å². The van der Waals surface area contributed by atoms with Crippen LogP contribution in [0.2, 0.25) is 0 Å². The van der Waals surface area contributed by atoms with Crippen LogP contribution in [0.5, 0.6) is 5.75 Å². The maximum atomic E-state index is 6.74. The van der Waals surface area contributed by atoms with Crippen molar-refractivity contribution < 1.29 is 4.74 Å². The van der Waals surface area contributed by atoms with Crippen LogP contribution in [0.3, 0.4) is 0 Å². The first kappa shape index (κ1) is 28.8. The van der Waals surface area contributed by atoms with Gasteiger partial charge in [0.2, 0.25) is 0 Å². The van der Waals surface area contributed by atoms with E-state index in [9.17, 15) is 0 Å². The highest BCUT2D eigenvalue weighted by Crippen LogP contribution is 2.39. The summed E-state index contributed by atoms with van der Waals surface area (Å²) in [6, 6.07) is 12.0. The number of rotatable bonds is 13. The van der Waals surface area contributed by atoms with E-state index in [-0.39, 0.29) is 5.41 Å². The Bertz CT molecular complexity index is 918. The molecule has 1 aliphatic carbocycles. The zero-order valence-corrected chi connectivity index (χ0v) is 24.6. The summed E-state index contributed by atoms with van der Waals surface area (Å²) in [5.74, 6) is 3.06. The third-order valence-corrected chi connectivity index (χ3v) is 9.68. The second-order valence-electron chi connectivity index (χ2n) is 11.6. The number of benzene rings is 2. The number of ether oxygens (including phenoxy) is 1. The molecule has 3 rings (SSSR count). The minimum atomic E-state index is 0.285. The molecule has 1 fully saturated rings. The summed E-state index contributed by atoms with van der Waals surface area (Å²) in [5, 5.41) is 0. The van der Waals surface area contributed by atoms with Gasteiger partial charge < -0.3 is 4.74 Å². The Balaban J connectivity index is 1.84. The molecule has 0 saturated heterocycles. The number of hydrogen-bond acceptors (Lipinski definition) is 1. The van der Waals surface area contributed by atoms with Gasteiger partial charge in [-0.05, 0) is 103 Å². The smallest absolute Gasteiger partial charge is 0.125 e. The van der Waals surface area contributed by atoms with Crippen molar-refractivity contribution in [2.75, 3.05) is 6.61 Å². The minimum absolute atomic E-state index is 0.285. The van der Waals surface area contributed by atoms with Crippen LogP contribution < -0.4 is 4.74 Å². The standard InChI is InChI=1S/C35H54O/c1-8-29-24-33(30-22-20-28(21-23-30)19-18-27-16-14-26(7)15-17-27)31(9-2)32(10-3)34(29)36-25-35(11-4,12-5)13-6/h20-24,26-27H,8-19,25H2,1-7H3. The quantitative estimate of drug-likeness (QED) is 0.271. The molecule has 0 aromatic heterocycles. The molecule has 0 amide bonds. The summed E-state index contributed by atoms with van der Waals surface area (Å²) >= 11 is 0. The molecule has 0 radical (unpaired) electrons. The molecule has 0 heterocycles. The van der Waals surface area contributed by atoms with Crippen LogP contribution in [0, 0.1) is 17.3 Å². The molecule has 200 valence electrons. The van der Waals surface area contributed by atoms with Gasteiger partial charge >= 0.3 is 0 Å². The largest absolute Gasteiger partial charge is 0.492 e. The van der Waals surface area contributed by atoms with E-state index in [2.05, 4.69) is 78.8 Å². The molecule has 0 bridgehead atoms. The summed E-state index contributed by atoms with van der Waals surface area (Å²) in [7, 11) is 0. The summed E-state index contributed by atoms with van der Waals surface area (Å²) < 4.78 is 6.74. The Labute approximate surface area is 223 Å². The summed E-state index contributed by atoms with van der Waals surface area (Å²) in [6.07, 6.45) is 14.9. The SMILES string of the molecule is CCc1cc(-c2ccc(CCC3CCC(C)CC3)cc2)c(CC)c(CC)c1OCC(CC)(CC)CC. The van der Waals surface area contributed by atoms with Gasteiger partial charge in [0.1, 0.15) is 5.75 Å². The molecule has 1 saturated carbocycles. The van der Waals surface area contributed by atoms with Crippen LogP contribution in [0.15, 0.2) is 30.3 Å². The van der Waals surface area contributed by atoms with E-state index in [1.54, 1.807) is 0 Å². The average Bonchev–Trinajstić information content (AvgIpc) is 2.93. The zero-order valence-electron chi connectivity index (χ0n) is 24.6. The maximum absolute atomic E-state index is 6.74. The lowest BCUT2D eigenvalue weighted by molar-refractivity contribution is 0.126. The van der Waals surface area contributed by atoms with E-state index in [0.29, 0.717) is 0 Å². The lowest BCUT2D eigenvalue weighted by Crippen LogP contribution is -2.27. The van der Waals surface area contributed by atoms with E-state index in [1.807, 2.05) is 0 Å². The first-order valence-electron chi connectivity index (χ1n) is 15.3. The van der Waals surface area contributed by atoms with Crippen LogP contribution in [-0.4, -0.2) is 6.61 Å². The summed E-state index contributed by atoms with van der Waals surface area (Å²) in [4.78, 5) is 0. The lowest BCUT2D eigenvalue weighted by atomic mass is 9.80. The molecule has 0 unspecified atom stereocenters. The van der Waals surface area contributed by atoms with Gasteiger partial charge in [-0.1, -0.05) is 98.4 Å². The van der Waals surface area contributed by atoms with Crippen molar-refractivity contribution in [1.29, 1.82) is 0 Å². The first-order valence-corrected chi connectivity index (χ1v) is 15.3. The van der Waals surface area contributed by atoms with Gasteiger partial charge in [-0.25, -0.2) is 0 Å². The van der Waals surface area contributed by atoms with Crippen molar-refractivity contribution in [3.63, 3.8) is 0 Å². The van der Waals surface area contributed by atoms with Crippen LogP contribution in [0.1, 0.15) is 122 Å². The predicted octanol–water partition coefficient (Wildman–Crippen LogP) is 10.4. The molecule has 1 nitrogen and oxygen atoms in total. The molecule has 0 spiro atoms. The Morgan fingerprint density at radius 3 is 1.92 bits per heavy atom. The summed E-state index contributed by atoms with van der Waals surface area (Å²) in [6.45, 7) is 17.1. The van der Waals surface area contributed by atoms with Crippen molar-refractivity contribution in [2.24, 2.45) is 17.3 Å². The Morgan fingerprint density at radius 2 is 1.39 bits per heavy atom. The third-order valence-electron chi connectivity index (χ3n) is 9.68. The van der Waals surface area contributed by atoms with Crippen molar-refractivity contribution in [2.45, 2.75) is 126 Å². The Hall–Kier alpha value is -1.76. The Kier molecular flexibility index (Phi) is 11.0. The molecule has 0 atom stereocenters. The van der Waals surface area contributed by atoms with Crippen molar-refractivity contribution in [3.8, 4) is 16.9 Å². The average molecular weight is 491 g/mol. The third kappa shape index (κ3) is 6.76. The highest BCUT2D eigenvalue weighted by Gasteiger charge is 2.27. The fraction of sp³-hybridized carbons (Fsp3) is 0.657. The first-order chi connectivity index (χ1) is 17.4. The maximum Gasteiger partial charge on any atom is 0.125 e. The van der Waals surface area contributed by atoms with Gasteiger partial charge in [0.05, 0.1) is 6.61 Å². The van der Waals surface area contributed by atoms with Crippen LogP contribution in [-0.2, 0) is 25.7 Å². The molecule has 2 aromatic rings. The van der Waals surface area contributed by atoms with Crippen LogP contribution in [0.25, 0.3) is 11.1 Å². The monoisotopic (exact) mass is 490 g/mol. The van der Waals surface area contributed by atoms with E-state index in [1.165, 1.54) is 96.9 Å². The second-order valence-corrected chi connectivity index (χ2v) is 11.6. The lowest BCUT2D eigenvalue weighted by Gasteiger charge is -2.32. The summed E-state index contributed by atoms with van der Waals surface area (Å²) in [5.41, 5.74) is 8.83. The molecule has 0 aliphatic heterocycles. The Morgan fingerprint density at radius 1 is 0.778 bits per heavy atom. The van der Waals surface area contributed by atoms with E-state index >= 15 is 0 Å². The van der Waals surface area contributed by atoms with Gasteiger partial charge in [-0.15, -0.1) is 0 Å². The molecular formula is C35H54O. The highest BCUT2D eigenvalue weighted by molar-refractivity contribution is 5.72. The normalized spacial score (nSPS) is 18.4. The van der Waals surface area contributed by atoms with Gasteiger partial charge in [-0.2, -0.15) is 0 Å². The highest BCUT2D eigenvalue weighted by atomic mass is 16.5. The minimum Gasteiger partial charge on any atom is -0.492 e. The zero-order chi connectivity index (χ0) is 26.1. The molecule has 1 heteroatoms. The fourth-order valence-corrected chi connectivity index (χ4v) is 6.42. The van der Waals surface area contributed by atoms with Gasteiger partial charge in [-0.3, -0.25) is 0 Å². The fourth-order valence-electron chi connectivity index (χ4n) is 6.42.